The number of nitrogens with one attached hydrogen (secondary N) is 1. The molecule has 1 aliphatic rings. The number of alkyl carbamates (subject to hydrolysis) is 1. The Bertz CT molecular complexity index is 1100. The quantitative estimate of drug-likeness (QED) is 0.569. The summed E-state index contributed by atoms with van der Waals surface area (Å²) in [5.41, 5.74) is 2.56. The minimum atomic E-state index is -0.412. The standard InChI is InChI=1S/C24H28N4O4/c1-16-7-8-18-20(15-16)26-22(19-5-3-4-6-21(19)29)27-23(18)28-11-9-17(10-12-28)25-24(30)32-14-13-31-2/h3-8,15,17,29H,9-14H2,1-2H3,(H,25,30). The second-order valence-electron chi connectivity index (χ2n) is 7.94. The zero-order chi connectivity index (χ0) is 22.5. The Morgan fingerprint density at radius 3 is 2.69 bits per heavy atom. The van der Waals surface area contributed by atoms with Crippen molar-refractivity contribution in [3.63, 3.8) is 0 Å². The van der Waals surface area contributed by atoms with E-state index >= 15 is 0 Å². The molecule has 2 N–H and O–H groups in total. The predicted molar refractivity (Wildman–Crippen MR) is 123 cm³/mol. The van der Waals surface area contributed by atoms with Crippen molar-refractivity contribution in [1.82, 2.24) is 15.3 Å². The number of hydrogen-bond acceptors (Lipinski definition) is 7. The predicted octanol–water partition coefficient (Wildman–Crippen LogP) is 3.65. The third-order valence-corrected chi connectivity index (χ3v) is 5.61. The van der Waals surface area contributed by atoms with Gasteiger partial charge in [0.15, 0.2) is 5.82 Å². The molecule has 8 heteroatoms. The van der Waals surface area contributed by atoms with E-state index in [4.69, 9.17) is 19.4 Å². The van der Waals surface area contributed by atoms with Crippen molar-refractivity contribution in [3.8, 4) is 17.1 Å². The van der Waals surface area contributed by atoms with Crippen molar-refractivity contribution >= 4 is 22.8 Å². The number of nitrogens with zero attached hydrogens (tertiary/aromatic N) is 3. The molecule has 1 fully saturated rings. The topological polar surface area (TPSA) is 96.8 Å². The summed E-state index contributed by atoms with van der Waals surface area (Å²) >= 11 is 0. The molecule has 3 aromatic rings. The summed E-state index contributed by atoms with van der Waals surface area (Å²) < 4.78 is 10.0. The van der Waals surface area contributed by atoms with Crippen molar-refractivity contribution < 1.29 is 19.4 Å². The highest BCUT2D eigenvalue weighted by Gasteiger charge is 2.24. The van der Waals surface area contributed by atoms with Gasteiger partial charge in [-0.3, -0.25) is 0 Å². The molecule has 32 heavy (non-hydrogen) atoms. The molecule has 0 aliphatic carbocycles. The van der Waals surface area contributed by atoms with E-state index in [-0.39, 0.29) is 18.4 Å². The van der Waals surface area contributed by atoms with Crippen LogP contribution in [0.5, 0.6) is 5.75 Å². The van der Waals surface area contributed by atoms with Gasteiger partial charge in [-0.15, -0.1) is 0 Å². The van der Waals surface area contributed by atoms with E-state index in [2.05, 4.69) is 16.3 Å². The molecule has 4 rings (SSSR count). The van der Waals surface area contributed by atoms with Crippen molar-refractivity contribution in [2.45, 2.75) is 25.8 Å². The molecule has 0 atom stereocenters. The molecule has 8 nitrogen and oxygen atoms in total. The Balaban J connectivity index is 1.55. The van der Waals surface area contributed by atoms with Gasteiger partial charge in [-0.25, -0.2) is 14.8 Å². The monoisotopic (exact) mass is 436 g/mol. The Morgan fingerprint density at radius 1 is 1.16 bits per heavy atom. The van der Waals surface area contributed by atoms with E-state index in [1.807, 2.05) is 31.2 Å². The summed E-state index contributed by atoms with van der Waals surface area (Å²) in [6.45, 7) is 4.13. The molecule has 168 valence electrons. The van der Waals surface area contributed by atoms with E-state index in [0.29, 0.717) is 18.0 Å². The van der Waals surface area contributed by atoms with Crippen molar-refractivity contribution in [2.75, 3.05) is 38.3 Å². The van der Waals surface area contributed by atoms with E-state index in [1.165, 1.54) is 0 Å². The maximum Gasteiger partial charge on any atom is 0.407 e. The Hall–Kier alpha value is -3.39. The summed E-state index contributed by atoms with van der Waals surface area (Å²) in [5.74, 6) is 1.49. The molecule has 2 heterocycles. The zero-order valence-electron chi connectivity index (χ0n) is 18.4. The first-order valence-corrected chi connectivity index (χ1v) is 10.8. The number of ether oxygens (including phenoxy) is 2. The average molecular weight is 437 g/mol. The second-order valence-corrected chi connectivity index (χ2v) is 7.94. The van der Waals surface area contributed by atoms with Crippen LogP contribution in [0, 0.1) is 6.92 Å². The molecule has 1 aliphatic heterocycles. The maximum atomic E-state index is 11.9. The van der Waals surface area contributed by atoms with Gasteiger partial charge in [0.1, 0.15) is 18.2 Å². The normalized spacial score (nSPS) is 14.5. The number of carbonyl (C=O) groups excluding carboxylic acids is 1. The smallest absolute Gasteiger partial charge is 0.407 e. The molecular weight excluding hydrogens is 408 g/mol. The molecular formula is C24H28N4O4. The Morgan fingerprint density at radius 2 is 1.94 bits per heavy atom. The first kappa shape index (κ1) is 21.8. The summed E-state index contributed by atoms with van der Waals surface area (Å²) in [5, 5.41) is 14.2. The van der Waals surface area contributed by atoms with E-state index < -0.39 is 6.09 Å². The zero-order valence-corrected chi connectivity index (χ0v) is 18.4. The molecule has 2 aromatic carbocycles. The summed E-state index contributed by atoms with van der Waals surface area (Å²) in [6.07, 6.45) is 1.15. The van der Waals surface area contributed by atoms with Crippen LogP contribution in [0.15, 0.2) is 42.5 Å². The number of aromatic hydroxyl groups is 1. The Labute approximate surface area is 187 Å². The summed E-state index contributed by atoms with van der Waals surface area (Å²) in [6, 6.07) is 13.3. The number of phenols is 1. The van der Waals surface area contributed by atoms with Gasteiger partial charge in [-0.05, 0) is 49.6 Å². The van der Waals surface area contributed by atoms with Gasteiger partial charge in [-0.1, -0.05) is 18.2 Å². The van der Waals surface area contributed by atoms with Crippen LogP contribution >= 0.6 is 0 Å². The first-order valence-electron chi connectivity index (χ1n) is 10.8. The second kappa shape index (κ2) is 9.82. The number of para-hydroxylation sites is 1. The highest BCUT2D eigenvalue weighted by atomic mass is 16.6. The van der Waals surface area contributed by atoms with Crippen LogP contribution in [-0.4, -0.2) is 60.6 Å². The molecule has 1 saturated heterocycles. The van der Waals surface area contributed by atoms with E-state index in [0.717, 1.165) is 48.2 Å². The van der Waals surface area contributed by atoms with Crippen LogP contribution in [-0.2, 0) is 9.47 Å². The molecule has 0 unspecified atom stereocenters. The number of hydrogen-bond donors (Lipinski definition) is 2. The maximum absolute atomic E-state index is 11.9. The largest absolute Gasteiger partial charge is 0.507 e. The number of rotatable bonds is 6. The fourth-order valence-corrected chi connectivity index (χ4v) is 3.91. The van der Waals surface area contributed by atoms with Gasteiger partial charge in [0.25, 0.3) is 0 Å². The van der Waals surface area contributed by atoms with Crippen LogP contribution in [0.3, 0.4) is 0 Å². The fourth-order valence-electron chi connectivity index (χ4n) is 3.91. The van der Waals surface area contributed by atoms with Gasteiger partial charge < -0.3 is 24.8 Å². The van der Waals surface area contributed by atoms with Gasteiger partial charge in [0, 0.05) is 31.6 Å². The lowest BCUT2D eigenvalue weighted by atomic mass is 10.0. The Kier molecular flexibility index (Phi) is 6.70. The number of aromatic nitrogens is 2. The van der Waals surface area contributed by atoms with Crippen LogP contribution < -0.4 is 10.2 Å². The lowest BCUT2D eigenvalue weighted by Gasteiger charge is -2.33. The number of amides is 1. The fraction of sp³-hybridized carbons (Fsp3) is 0.375. The average Bonchev–Trinajstić information content (AvgIpc) is 2.79. The number of phenolic OH excluding ortho intramolecular Hbond substituents is 1. The molecule has 1 aromatic heterocycles. The molecule has 0 bridgehead atoms. The number of benzene rings is 2. The highest BCUT2D eigenvalue weighted by Crippen LogP contribution is 2.32. The van der Waals surface area contributed by atoms with Gasteiger partial charge in [0.05, 0.1) is 17.7 Å². The van der Waals surface area contributed by atoms with Crippen molar-refractivity contribution in [2.24, 2.45) is 0 Å². The number of carbonyl (C=O) groups is 1. The lowest BCUT2D eigenvalue weighted by molar-refractivity contribution is 0.0956. The third-order valence-electron chi connectivity index (χ3n) is 5.61. The highest BCUT2D eigenvalue weighted by molar-refractivity contribution is 5.92. The minimum absolute atomic E-state index is 0.0503. The number of anilines is 1. The minimum Gasteiger partial charge on any atom is -0.507 e. The number of aryl methyl sites for hydroxylation is 1. The molecule has 1 amide bonds. The SMILES string of the molecule is COCCOC(=O)NC1CCN(c2nc(-c3ccccc3O)nc3cc(C)ccc23)CC1. The third kappa shape index (κ3) is 4.91. The van der Waals surface area contributed by atoms with Gasteiger partial charge in [-0.2, -0.15) is 0 Å². The van der Waals surface area contributed by atoms with Crippen LogP contribution in [0.1, 0.15) is 18.4 Å². The van der Waals surface area contributed by atoms with E-state index in [9.17, 15) is 9.90 Å². The van der Waals surface area contributed by atoms with Gasteiger partial charge >= 0.3 is 6.09 Å². The molecule has 0 radical (unpaired) electrons. The number of piperidine rings is 1. The lowest BCUT2D eigenvalue weighted by Crippen LogP contribution is -2.45. The number of methoxy groups -OCH3 is 1. The molecule has 0 saturated carbocycles. The van der Waals surface area contributed by atoms with E-state index in [1.54, 1.807) is 19.2 Å². The van der Waals surface area contributed by atoms with Gasteiger partial charge in [0.2, 0.25) is 0 Å². The van der Waals surface area contributed by atoms with Crippen LogP contribution in [0.2, 0.25) is 0 Å². The van der Waals surface area contributed by atoms with Crippen molar-refractivity contribution in [3.05, 3.63) is 48.0 Å². The van der Waals surface area contributed by atoms with Crippen molar-refractivity contribution in [1.29, 1.82) is 0 Å². The number of fused-ring (bicyclic) bond motifs is 1. The first-order chi connectivity index (χ1) is 15.5. The van der Waals surface area contributed by atoms with Crippen LogP contribution in [0.4, 0.5) is 10.6 Å². The van der Waals surface area contributed by atoms with Crippen LogP contribution in [0.25, 0.3) is 22.3 Å². The molecule has 0 spiro atoms. The summed E-state index contributed by atoms with van der Waals surface area (Å²) in [4.78, 5) is 23.7. The summed E-state index contributed by atoms with van der Waals surface area (Å²) in [7, 11) is 1.57.